The maximum absolute atomic E-state index is 14.1. The van der Waals surface area contributed by atoms with Gasteiger partial charge in [-0.05, 0) is 77.3 Å². The summed E-state index contributed by atoms with van der Waals surface area (Å²) in [5.41, 5.74) is 1.20. The van der Waals surface area contributed by atoms with E-state index in [9.17, 15) is 9.18 Å². The maximum Gasteiger partial charge on any atom is 0.283 e. The molecule has 1 N–H and O–H groups in total. The fraction of sp³-hybridized carbons (Fsp3) is 0.333. The smallest absolute Gasteiger partial charge is 0.283 e. The van der Waals surface area contributed by atoms with Gasteiger partial charge >= 0.3 is 0 Å². The fourth-order valence-corrected chi connectivity index (χ4v) is 6.16. The molecule has 1 fully saturated rings. The summed E-state index contributed by atoms with van der Waals surface area (Å²) in [6.07, 6.45) is 7.36. The summed E-state index contributed by atoms with van der Waals surface area (Å²) in [6.45, 7) is 2.26. The van der Waals surface area contributed by atoms with Crippen molar-refractivity contribution in [3.8, 4) is 11.5 Å². The number of hydrogen-bond acceptors (Lipinski definition) is 6. The minimum absolute atomic E-state index is 0.00210. The second-order valence-electron chi connectivity index (χ2n) is 8.94. The topological polar surface area (TPSA) is 87.3 Å². The molecule has 0 spiro atoms. The number of carbonyl (C=O) groups is 1. The zero-order chi connectivity index (χ0) is 25.9. The number of hydrogen-bond donors (Lipinski definition) is 1. The van der Waals surface area contributed by atoms with E-state index in [1.807, 2.05) is 6.92 Å². The first-order valence-corrected chi connectivity index (χ1v) is 13.9. The third-order valence-electron chi connectivity index (χ3n) is 6.40. The molecule has 5 rings (SSSR count). The Kier molecular flexibility index (Phi) is 7.76. The van der Waals surface area contributed by atoms with E-state index in [4.69, 9.17) is 14.9 Å². The quantitative estimate of drug-likeness (QED) is 0.363. The Labute approximate surface area is 227 Å². The van der Waals surface area contributed by atoms with Gasteiger partial charge in [0, 0.05) is 11.5 Å². The second kappa shape index (κ2) is 11.2. The fourth-order valence-electron chi connectivity index (χ4n) is 4.53. The number of thioether (sulfide) groups is 1. The number of halogens is 2. The van der Waals surface area contributed by atoms with Crippen LogP contribution in [-0.4, -0.2) is 33.6 Å². The van der Waals surface area contributed by atoms with Crippen molar-refractivity contribution in [2.75, 3.05) is 6.61 Å². The third-order valence-corrected chi connectivity index (χ3v) is 8.06. The molecule has 0 atom stereocenters. The summed E-state index contributed by atoms with van der Waals surface area (Å²) in [7, 11) is 0. The molecule has 0 radical (unpaired) electrons. The minimum Gasteiger partial charge on any atom is -0.490 e. The molecular formula is C27H26BrFN4O3S. The number of amidine groups is 2. The number of aliphatic imine (C=N–C) groups is 1. The highest BCUT2D eigenvalue weighted by Crippen LogP contribution is 2.39. The van der Waals surface area contributed by atoms with E-state index in [2.05, 4.69) is 26.0 Å². The van der Waals surface area contributed by atoms with Gasteiger partial charge < -0.3 is 9.47 Å². The first kappa shape index (κ1) is 25.7. The van der Waals surface area contributed by atoms with Gasteiger partial charge in [-0.25, -0.2) is 4.39 Å². The lowest BCUT2D eigenvalue weighted by atomic mass is 9.90. The Hall–Kier alpha value is -2.98. The van der Waals surface area contributed by atoms with Crippen LogP contribution in [0, 0.1) is 17.1 Å². The van der Waals surface area contributed by atoms with Crippen LogP contribution in [0.25, 0.3) is 6.08 Å². The molecule has 192 valence electrons. The summed E-state index contributed by atoms with van der Waals surface area (Å²) in [6, 6.07) is 9.92. The first-order valence-electron chi connectivity index (χ1n) is 12.3. The zero-order valence-electron chi connectivity index (χ0n) is 20.3. The van der Waals surface area contributed by atoms with Gasteiger partial charge in [-0.15, -0.1) is 0 Å². The first-order chi connectivity index (χ1) is 17.9. The zero-order valence-corrected chi connectivity index (χ0v) is 22.7. The molecule has 0 unspecified atom stereocenters. The van der Waals surface area contributed by atoms with E-state index in [1.165, 1.54) is 42.1 Å². The van der Waals surface area contributed by atoms with Crippen molar-refractivity contribution in [1.29, 1.82) is 5.41 Å². The number of nitrogens with zero attached hydrogens (tertiary/aromatic N) is 3. The molecule has 2 aromatic rings. The second-order valence-corrected chi connectivity index (χ2v) is 10.8. The molecule has 7 nitrogen and oxygen atoms in total. The summed E-state index contributed by atoms with van der Waals surface area (Å²) in [4.78, 5) is 17.1. The standard InChI is InChI=1S/C27H26BrFN4O3S/c1-2-35-22-14-16(13-20(28)23(22)36-15-18-10-6-7-11-21(18)29)12-19-24(30)33-27(31-25(19)34)37-26(32-33)17-8-4-3-5-9-17/h6-7,10-14,17,30H,2-5,8-9,15H2,1H3/b19-12-,30-24?. The number of nitrogens with one attached hydrogen (secondary N) is 1. The van der Waals surface area contributed by atoms with Gasteiger partial charge in [0.25, 0.3) is 5.91 Å². The van der Waals surface area contributed by atoms with Crippen LogP contribution in [0.15, 0.2) is 56.5 Å². The lowest BCUT2D eigenvalue weighted by Crippen LogP contribution is -2.35. The van der Waals surface area contributed by atoms with Crippen LogP contribution >= 0.6 is 27.7 Å². The Morgan fingerprint density at radius 3 is 2.76 bits per heavy atom. The number of hydrazone groups is 1. The highest BCUT2D eigenvalue weighted by molar-refractivity contribution is 9.10. The molecule has 0 aromatic heterocycles. The van der Waals surface area contributed by atoms with Crippen molar-refractivity contribution in [2.45, 2.75) is 45.6 Å². The van der Waals surface area contributed by atoms with Crippen molar-refractivity contribution < 1.29 is 18.7 Å². The van der Waals surface area contributed by atoms with Gasteiger partial charge in [0.15, 0.2) is 17.3 Å². The summed E-state index contributed by atoms with van der Waals surface area (Å²) in [5, 5.41) is 16.2. The van der Waals surface area contributed by atoms with Gasteiger partial charge in [0.1, 0.15) is 17.5 Å². The molecule has 1 aliphatic carbocycles. The van der Waals surface area contributed by atoms with Crippen molar-refractivity contribution in [3.63, 3.8) is 0 Å². The number of fused-ring (bicyclic) bond motifs is 1. The van der Waals surface area contributed by atoms with Crippen molar-refractivity contribution in [3.05, 3.63) is 63.4 Å². The van der Waals surface area contributed by atoms with Gasteiger partial charge in [0.2, 0.25) is 5.17 Å². The summed E-state index contributed by atoms with van der Waals surface area (Å²) >= 11 is 4.92. The van der Waals surface area contributed by atoms with Crippen molar-refractivity contribution in [2.24, 2.45) is 16.0 Å². The van der Waals surface area contributed by atoms with E-state index >= 15 is 0 Å². The van der Waals surface area contributed by atoms with Gasteiger partial charge in [-0.1, -0.05) is 37.5 Å². The van der Waals surface area contributed by atoms with E-state index in [0.29, 0.717) is 44.8 Å². The normalized spacial score (nSPS) is 19.1. The molecule has 0 bridgehead atoms. The van der Waals surface area contributed by atoms with Crippen LogP contribution in [0.5, 0.6) is 11.5 Å². The van der Waals surface area contributed by atoms with Crippen LogP contribution in [0.3, 0.4) is 0 Å². The number of ether oxygens (including phenoxy) is 2. The van der Waals surface area contributed by atoms with Crippen LogP contribution < -0.4 is 9.47 Å². The molecule has 37 heavy (non-hydrogen) atoms. The van der Waals surface area contributed by atoms with Gasteiger partial charge in [-0.3, -0.25) is 10.2 Å². The van der Waals surface area contributed by atoms with Crippen LogP contribution in [0.4, 0.5) is 4.39 Å². The van der Waals surface area contributed by atoms with Gasteiger partial charge in [-0.2, -0.15) is 15.1 Å². The van der Waals surface area contributed by atoms with Crippen LogP contribution in [0.2, 0.25) is 0 Å². The molecular weight excluding hydrogens is 559 g/mol. The minimum atomic E-state index is -0.474. The largest absolute Gasteiger partial charge is 0.490 e. The molecule has 0 saturated heterocycles. The SMILES string of the molecule is CCOc1cc(/C=C2/C(=N)N3N=C(C4CCCCC4)SC3=NC2=O)cc(Br)c1OCc1ccccc1F. The molecule has 2 aromatic carbocycles. The number of benzene rings is 2. The molecule has 1 saturated carbocycles. The maximum atomic E-state index is 14.1. The van der Waals surface area contributed by atoms with Gasteiger partial charge in [0.05, 0.1) is 16.7 Å². The third kappa shape index (κ3) is 5.50. The van der Waals surface area contributed by atoms with Crippen LogP contribution in [-0.2, 0) is 11.4 Å². The Balaban J connectivity index is 1.40. The Bertz CT molecular complexity index is 1340. The molecule has 1 amide bonds. The molecule has 2 heterocycles. The van der Waals surface area contributed by atoms with E-state index < -0.39 is 5.91 Å². The molecule has 3 aliphatic rings. The number of rotatable bonds is 7. The average molecular weight is 585 g/mol. The average Bonchev–Trinajstić information content (AvgIpc) is 3.32. The highest BCUT2D eigenvalue weighted by Gasteiger charge is 2.38. The Morgan fingerprint density at radius 2 is 2.00 bits per heavy atom. The predicted molar refractivity (Wildman–Crippen MR) is 148 cm³/mol. The van der Waals surface area contributed by atoms with Crippen molar-refractivity contribution in [1.82, 2.24) is 5.01 Å². The molecule has 10 heteroatoms. The summed E-state index contributed by atoms with van der Waals surface area (Å²) < 4.78 is 26.3. The monoisotopic (exact) mass is 584 g/mol. The molecule has 2 aliphatic heterocycles. The number of carbonyl (C=O) groups excluding carboxylic acids is 1. The van der Waals surface area contributed by atoms with E-state index in [-0.39, 0.29) is 23.8 Å². The van der Waals surface area contributed by atoms with E-state index in [0.717, 1.165) is 17.9 Å². The lowest BCUT2D eigenvalue weighted by molar-refractivity contribution is -0.114. The summed E-state index contributed by atoms with van der Waals surface area (Å²) in [5.74, 6) is 0.411. The lowest BCUT2D eigenvalue weighted by Gasteiger charge is -2.20. The van der Waals surface area contributed by atoms with Crippen molar-refractivity contribution >= 4 is 55.7 Å². The predicted octanol–water partition coefficient (Wildman–Crippen LogP) is 6.77. The highest BCUT2D eigenvalue weighted by atomic mass is 79.9. The van der Waals surface area contributed by atoms with Crippen LogP contribution in [0.1, 0.15) is 50.2 Å². The number of amides is 1. The van der Waals surface area contributed by atoms with E-state index in [1.54, 1.807) is 36.4 Å². The Morgan fingerprint density at radius 1 is 1.22 bits per heavy atom.